The van der Waals surface area contributed by atoms with Crippen LogP contribution >= 0.6 is 0 Å². The molecule has 0 amide bonds. The molecule has 2 nitrogen and oxygen atoms in total. The van der Waals surface area contributed by atoms with E-state index in [2.05, 4.69) is 5.16 Å². The van der Waals surface area contributed by atoms with E-state index in [1.54, 1.807) is 12.1 Å². The zero-order chi connectivity index (χ0) is 11.8. The molecule has 0 spiro atoms. The summed E-state index contributed by atoms with van der Waals surface area (Å²) in [7, 11) is 0. The van der Waals surface area contributed by atoms with Gasteiger partial charge in [0.15, 0.2) is 11.3 Å². The highest BCUT2D eigenvalue weighted by Gasteiger charge is 2.37. The third-order valence-electron chi connectivity index (χ3n) is 2.37. The molecule has 0 N–H and O–H groups in total. The minimum absolute atomic E-state index is 0.0402. The standard InChI is InChI=1S/C11H10F3NO/c1-2-4-7-5-3-6-8-9(7)16-15-10(8)11(12,13)14/h3,5-6H,2,4H2,1H3. The number of para-hydroxylation sites is 1. The summed E-state index contributed by atoms with van der Waals surface area (Å²) in [5, 5.41) is 3.15. The highest BCUT2D eigenvalue weighted by Crippen LogP contribution is 2.35. The van der Waals surface area contributed by atoms with Crippen molar-refractivity contribution in [2.75, 3.05) is 0 Å². The second-order valence-corrected chi connectivity index (χ2v) is 3.57. The third-order valence-corrected chi connectivity index (χ3v) is 2.37. The fourth-order valence-electron chi connectivity index (χ4n) is 1.69. The molecule has 2 rings (SSSR count). The third kappa shape index (κ3) is 1.77. The maximum Gasteiger partial charge on any atom is 0.437 e. The van der Waals surface area contributed by atoms with Gasteiger partial charge in [0.2, 0.25) is 0 Å². The smallest absolute Gasteiger partial charge is 0.355 e. The molecule has 0 aliphatic rings. The van der Waals surface area contributed by atoms with Crippen LogP contribution in [-0.2, 0) is 12.6 Å². The Balaban J connectivity index is 2.62. The lowest BCUT2D eigenvalue weighted by molar-refractivity contribution is -0.141. The van der Waals surface area contributed by atoms with Gasteiger partial charge in [-0.25, -0.2) is 0 Å². The lowest BCUT2D eigenvalue weighted by Crippen LogP contribution is -2.05. The fraction of sp³-hybridized carbons (Fsp3) is 0.364. The molecule has 16 heavy (non-hydrogen) atoms. The van der Waals surface area contributed by atoms with Gasteiger partial charge in [0.25, 0.3) is 0 Å². The van der Waals surface area contributed by atoms with Gasteiger partial charge in [-0.3, -0.25) is 0 Å². The Labute approximate surface area is 90.0 Å². The molecule has 0 aliphatic heterocycles. The van der Waals surface area contributed by atoms with Crippen LogP contribution in [0.15, 0.2) is 22.7 Å². The molecular weight excluding hydrogens is 219 g/mol. The van der Waals surface area contributed by atoms with Gasteiger partial charge in [0.05, 0.1) is 5.39 Å². The molecule has 0 unspecified atom stereocenters. The first-order valence-electron chi connectivity index (χ1n) is 4.98. The van der Waals surface area contributed by atoms with Crippen LogP contribution in [0.2, 0.25) is 0 Å². The highest BCUT2D eigenvalue weighted by molar-refractivity contribution is 5.82. The number of fused-ring (bicyclic) bond motifs is 1. The number of alkyl halides is 3. The van der Waals surface area contributed by atoms with Gasteiger partial charge < -0.3 is 4.52 Å². The molecule has 0 radical (unpaired) electrons. The summed E-state index contributed by atoms with van der Waals surface area (Å²) in [4.78, 5) is 0. The van der Waals surface area contributed by atoms with Crippen LogP contribution in [0.3, 0.4) is 0 Å². The number of rotatable bonds is 2. The van der Waals surface area contributed by atoms with Crippen molar-refractivity contribution in [2.45, 2.75) is 25.9 Å². The molecule has 1 aromatic heterocycles. The lowest BCUT2D eigenvalue weighted by atomic mass is 10.1. The SMILES string of the molecule is CCCc1cccc2c(C(F)(F)F)noc12. The van der Waals surface area contributed by atoms with Gasteiger partial charge in [0, 0.05) is 0 Å². The molecule has 0 bridgehead atoms. The van der Waals surface area contributed by atoms with E-state index in [0.717, 1.165) is 12.0 Å². The Bertz CT molecular complexity index is 501. The van der Waals surface area contributed by atoms with Crippen LogP contribution in [0.25, 0.3) is 11.0 Å². The lowest BCUT2D eigenvalue weighted by Gasteiger charge is -2.01. The summed E-state index contributed by atoms with van der Waals surface area (Å²) in [6.07, 6.45) is -2.93. The summed E-state index contributed by atoms with van der Waals surface area (Å²) in [6, 6.07) is 4.74. The molecular formula is C11H10F3NO. The summed E-state index contributed by atoms with van der Waals surface area (Å²) < 4.78 is 42.4. The van der Waals surface area contributed by atoms with Crippen LogP contribution in [0.1, 0.15) is 24.6 Å². The number of aryl methyl sites for hydroxylation is 1. The number of hydrogen-bond donors (Lipinski definition) is 0. The molecule has 0 fully saturated rings. The van der Waals surface area contributed by atoms with Gasteiger partial charge in [-0.2, -0.15) is 13.2 Å². The van der Waals surface area contributed by atoms with Crippen LogP contribution in [-0.4, -0.2) is 5.16 Å². The Morgan fingerprint density at radius 3 is 2.69 bits per heavy atom. The van der Waals surface area contributed by atoms with E-state index >= 15 is 0 Å². The Kier molecular flexibility index (Phi) is 2.61. The molecule has 0 saturated carbocycles. The average Bonchev–Trinajstić information content (AvgIpc) is 2.62. The predicted molar refractivity (Wildman–Crippen MR) is 53.0 cm³/mol. The van der Waals surface area contributed by atoms with Crippen molar-refractivity contribution in [3.63, 3.8) is 0 Å². The molecule has 0 atom stereocenters. The van der Waals surface area contributed by atoms with E-state index in [1.807, 2.05) is 6.92 Å². The van der Waals surface area contributed by atoms with E-state index in [-0.39, 0.29) is 11.0 Å². The number of hydrogen-bond acceptors (Lipinski definition) is 2. The largest absolute Gasteiger partial charge is 0.437 e. The van der Waals surface area contributed by atoms with E-state index in [0.29, 0.717) is 6.42 Å². The summed E-state index contributed by atoms with van der Waals surface area (Å²) in [6.45, 7) is 1.96. The van der Waals surface area contributed by atoms with Crippen molar-refractivity contribution < 1.29 is 17.7 Å². The first-order chi connectivity index (χ1) is 7.54. The number of benzene rings is 1. The monoisotopic (exact) mass is 229 g/mol. The minimum Gasteiger partial charge on any atom is -0.355 e. The topological polar surface area (TPSA) is 26.0 Å². The van der Waals surface area contributed by atoms with Gasteiger partial charge >= 0.3 is 6.18 Å². The van der Waals surface area contributed by atoms with Crippen LogP contribution in [0, 0.1) is 0 Å². The molecule has 1 aromatic carbocycles. The van der Waals surface area contributed by atoms with E-state index in [1.165, 1.54) is 6.07 Å². The zero-order valence-corrected chi connectivity index (χ0v) is 8.64. The summed E-state index contributed by atoms with van der Waals surface area (Å²) in [5.41, 5.74) is 0.0696. The van der Waals surface area contributed by atoms with E-state index in [4.69, 9.17) is 4.52 Å². The predicted octanol–water partition coefficient (Wildman–Crippen LogP) is 3.80. The number of nitrogens with zero attached hydrogens (tertiary/aromatic N) is 1. The van der Waals surface area contributed by atoms with Crippen LogP contribution in [0.5, 0.6) is 0 Å². The maximum atomic E-state index is 12.5. The molecule has 0 saturated heterocycles. The summed E-state index contributed by atoms with van der Waals surface area (Å²) >= 11 is 0. The van der Waals surface area contributed by atoms with Crippen molar-refractivity contribution in [1.82, 2.24) is 5.16 Å². The van der Waals surface area contributed by atoms with Crippen molar-refractivity contribution in [3.05, 3.63) is 29.5 Å². The van der Waals surface area contributed by atoms with Crippen molar-refractivity contribution in [2.24, 2.45) is 0 Å². The minimum atomic E-state index is -4.46. The first-order valence-corrected chi connectivity index (χ1v) is 4.98. The van der Waals surface area contributed by atoms with E-state index in [9.17, 15) is 13.2 Å². The second kappa shape index (κ2) is 3.81. The van der Waals surface area contributed by atoms with Gasteiger partial charge in [-0.1, -0.05) is 30.6 Å². The van der Waals surface area contributed by atoms with Crippen molar-refractivity contribution in [3.8, 4) is 0 Å². The van der Waals surface area contributed by atoms with Gasteiger partial charge in [-0.05, 0) is 18.1 Å². The van der Waals surface area contributed by atoms with Crippen molar-refractivity contribution >= 4 is 11.0 Å². The van der Waals surface area contributed by atoms with E-state index < -0.39 is 11.9 Å². The van der Waals surface area contributed by atoms with Gasteiger partial charge in [0.1, 0.15) is 0 Å². The molecule has 1 heterocycles. The second-order valence-electron chi connectivity index (χ2n) is 3.57. The number of halogens is 3. The van der Waals surface area contributed by atoms with Crippen molar-refractivity contribution in [1.29, 1.82) is 0 Å². The highest BCUT2D eigenvalue weighted by atomic mass is 19.4. The van der Waals surface area contributed by atoms with Gasteiger partial charge in [-0.15, -0.1) is 0 Å². The maximum absolute atomic E-state index is 12.5. The quantitative estimate of drug-likeness (QED) is 0.782. The molecule has 86 valence electrons. The Morgan fingerprint density at radius 1 is 1.31 bits per heavy atom. The van der Waals surface area contributed by atoms with Crippen LogP contribution < -0.4 is 0 Å². The Morgan fingerprint density at radius 2 is 2.06 bits per heavy atom. The fourth-order valence-corrected chi connectivity index (χ4v) is 1.69. The first kappa shape index (κ1) is 11.0. The zero-order valence-electron chi connectivity index (χ0n) is 8.64. The Hall–Kier alpha value is -1.52. The normalized spacial score (nSPS) is 12.2. The average molecular weight is 229 g/mol. The molecule has 2 aromatic rings. The number of aromatic nitrogens is 1. The summed E-state index contributed by atoms with van der Waals surface area (Å²) in [5.74, 6) is 0. The molecule has 5 heteroatoms. The molecule has 0 aliphatic carbocycles. The van der Waals surface area contributed by atoms with Crippen LogP contribution in [0.4, 0.5) is 13.2 Å².